The molecule has 2 rings (SSSR count). The molecule has 1 aromatic rings. The van der Waals surface area contributed by atoms with Crippen LogP contribution in [0.4, 0.5) is 4.79 Å². The molecule has 0 aromatic heterocycles. The molecule has 8 amide bonds. The minimum absolute atomic E-state index is 0.00408. The molecule has 1 aromatic carbocycles. The molecule has 0 saturated carbocycles. The fraction of sp³-hybridized carbons (Fsp3) is 0.688. The average molecular weight is 959 g/mol. The highest BCUT2D eigenvalue weighted by Crippen LogP contribution is 2.20. The molecule has 1 fully saturated rings. The topological polar surface area (TPSA) is 280 Å². The second-order valence-corrected chi connectivity index (χ2v) is 20.1. The van der Waals surface area contributed by atoms with Gasteiger partial charge in [0, 0.05) is 13.0 Å². The number of carbonyl (C=O) groups is 9. The first-order chi connectivity index (χ1) is 31.6. The van der Waals surface area contributed by atoms with Gasteiger partial charge >= 0.3 is 12.1 Å². The van der Waals surface area contributed by atoms with Crippen molar-refractivity contribution in [1.29, 1.82) is 0 Å². The van der Waals surface area contributed by atoms with Crippen molar-refractivity contribution in [1.82, 2.24) is 42.1 Å². The molecule has 0 aliphatic carbocycles. The highest BCUT2D eigenvalue weighted by molar-refractivity contribution is 5.97. The third-order valence-corrected chi connectivity index (χ3v) is 10.8. The maximum Gasteiger partial charge on any atom is 0.408 e. The van der Waals surface area contributed by atoms with Crippen molar-refractivity contribution in [3.05, 3.63) is 29.8 Å². The number of rotatable bonds is 24. The van der Waals surface area contributed by atoms with Crippen LogP contribution in [-0.2, 0) is 54.3 Å². The van der Waals surface area contributed by atoms with E-state index in [0.717, 1.165) is 0 Å². The summed E-state index contributed by atoms with van der Waals surface area (Å²) in [5, 5.41) is 28.3. The standard InChI is InChI=1S/C48H78N8O12/c1-26(2)21-33(40(59)53-36(46(65)67-13)24-31-16-18-32(57)19-17-31)52-43(62)37-15-14-20-56(37)45(64)30(9)50-38(58)25-49-44(63)39(29(7)8)55-42(61)34(22-27(3)4)51-41(60)35(23-28(5)6)54-47(66)68-48(10,11)12/h16-19,26-30,33-37,39,57H,14-15,20-25H2,1-13H3,(H,49,63)(H,50,58)(H,51,60)(H,52,62)(H,53,59)(H,54,66)(H,55,61). The number of nitrogens with one attached hydrogen (secondary N) is 7. The van der Waals surface area contributed by atoms with E-state index in [1.807, 2.05) is 41.5 Å². The Kier molecular flexibility index (Phi) is 23.2. The van der Waals surface area contributed by atoms with Crippen molar-refractivity contribution in [2.75, 3.05) is 20.2 Å². The average Bonchev–Trinajstić information content (AvgIpc) is 3.73. The molecule has 0 bridgehead atoms. The van der Waals surface area contributed by atoms with Crippen LogP contribution in [0.15, 0.2) is 24.3 Å². The van der Waals surface area contributed by atoms with E-state index in [0.29, 0.717) is 18.4 Å². The van der Waals surface area contributed by atoms with E-state index in [9.17, 15) is 48.3 Å². The monoisotopic (exact) mass is 959 g/mol. The molecule has 20 nitrogen and oxygen atoms in total. The van der Waals surface area contributed by atoms with Crippen molar-refractivity contribution >= 4 is 53.4 Å². The van der Waals surface area contributed by atoms with Crippen molar-refractivity contribution in [2.45, 2.75) is 170 Å². The van der Waals surface area contributed by atoms with Crippen LogP contribution >= 0.6 is 0 Å². The van der Waals surface area contributed by atoms with Crippen molar-refractivity contribution in [3.8, 4) is 5.75 Å². The minimum atomic E-state index is -1.12. The molecule has 0 spiro atoms. The molecule has 7 unspecified atom stereocenters. The predicted molar refractivity (Wildman–Crippen MR) is 253 cm³/mol. The predicted octanol–water partition coefficient (Wildman–Crippen LogP) is 2.35. The molecule has 68 heavy (non-hydrogen) atoms. The summed E-state index contributed by atoms with van der Waals surface area (Å²) in [6.45, 7) is 20.8. The van der Waals surface area contributed by atoms with Gasteiger partial charge in [0.05, 0.1) is 13.7 Å². The molecule has 382 valence electrons. The first-order valence-corrected chi connectivity index (χ1v) is 23.6. The van der Waals surface area contributed by atoms with Gasteiger partial charge in [0.1, 0.15) is 53.6 Å². The largest absolute Gasteiger partial charge is 0.508 e. The zero-order valence-corrected chi connectivity index (χ0v) is 42.2. The maximum atomic E-state index is 13.8. The number of nitrogens with zero attached hydrogens (tertiary/aromatic N) is 1. The molecular formula is C48H78N8O12. The number of hydrogen-bond donors (Lipinski definition) is 8. The molecule has 1 aliphatic heterocycles. The summed E-state index contributed by atoms with van der Waals surface area (Å²) in [7, 11) is 1.19. The number of amides is 8. The van der Waals surface area contributed by atoms with Gasteiger partial charge < -0.3 is 56.7 Å². The van der Waals surface area contributed by atoms with Gasteiger partial charge in [-0.3, -0.25) is 33.6 Å². The number of aromatic hydroxyl groups is 1. The fourth-order valence-corrected chi connectivity index (χ4v) is 7.55. The van der Waals surface area contributed by atoms with Gasteiger partial charge in [-0.1, -0.05) is 67.5 Å². The van der Waals surface area contributed by atoms with E-state index < -0.39 is 114 Å². The lowest BCUT2D eigenvalue weighted by molar-refractivity contribution is -0.145. The molecule has 1 heterocycles. The van der Waals surface area contributed by atoms with Crippen LogP contribution in [0.25, 0.3) is 0 Å². The lowest BCUT2D eigenvalue weighted by Gasteiger charge is -2.29. The zero-order chi connectivity index (χ0) is 51.6. The normalized spacial score (nSPS) is 16.4. The van der Waals surface area contributed by atoms with Crippen LogP contribution in [0.3, 0.4) is 0 Å². The van der Waals surface area contributed by atoms with Crippen molar-refractivity contribution < 1.29 is 57.7 Å². The molecule has 8 N–H and O–H groups in total. The quantitative estimate of drug-likeness (QED) is 0.0694. The molecule has 7 atom stereocenters. The van der Waals surface area contributed by atoms with Gasteiger partial charge in [-0.05, 0) is 101 Å². The highest BCUT2D eigenvalue weighted by atomic mass is 16.6. The van der Waals surface area contributed by atoms with E-state index in [1.54, 1.807) is 46.8 Å². The summed E-state index contributed by atoms with van der Waals surface area (Å²) in [6.07, 6.45) is 0.750. The van der Waals surface area contributed by atoms with Crippen LogP contribution in [0.2, 0.25) is 0 Å². The number of benzene rings is 1. The van der Waals surface area contributed by atoms with Crippen molar-refractivity contribution in [3.63, 3.8) is 0 Å². The molecule has 1 aliphatic rings. The number of ether oxygens (including phenoxy) is 2. The summed E-state index contributed by atoms with van der Waals surface area (Å²) in [5.74, 6) is -5.62. The van der Waals surface area contributed by atoms with Crippen LogP contribution < -0.4 is 37.2 Å². The highest BCUT2D eigenvalue weighted by Gasteiger charge is 2.39. The third-order valence-electron chi connectivity index (χ3n) is 10.8. The number of carbonyl (C=O) groups excluding carboxylic acids is 9. The molecule has 0 radical (unpaired) electrons. The number of methoxy groups -OCH3 is 1. The van der Waals surface area contributed by atoms with Gasteiger partial charge in [0.2, 0.25) is 41.4 Å². The van der Waals surface area contributed by atoms with Gasteiger partial charge in [0.15, 0.2) is 0 Å². The van der Waals surface area contributed by atoms with Crippen LogP contribution in [0.1, 0.15) is 121 Å². The Morgan fingerprint density at radius 2 is 1.18 bits per heavy atom. The van der Waals surface area contributed by atoms with E-state index >= 15 is 0 Å². The van der Waals surface area contributed by atoms with E-state index in [1.165, 1.54) is 31.1 Å². The van der Waals surface area contributed by atoms with E-state index in [-0.39, 0.29) is 55.7 Å². The molecule has 1 saturated heterocycles. The number of likely N-dealkylation sites (tertiary alicyclic amines) is 1. The zero-order valence-electron chi connectivity index (χ0n) is 42.2. The number of esters is 1. The van der Waals surface area contributed by atoms with Crippen LogP contribution in [0.5, 0.6) is 5.75 Å². The minimum Gasteiger partial charge on any atom is -0.508 e. The summed E-state index contributed by atoms with van der Waals surface area (Å²) in [5.41, 5.74) is -0.155. The van der Waals surface area contributed by atoms with Gasteiger partial charge in [-0.25, -0.2) is 9.59 Å². The number of hydrogen-bond acceptors (Lipinski definition) is 12. The summed E-state index contributed by atoms with van der Waals surface area (Å²) in [6, 6.07) is -1.31. The first-order valence-electron chi connectivity index (χ1n) is 23.6. The second-order valence-electron chi connectivity index (χ2n) is 20.1. The third kappa shape index (κ3) is 20.1. The SMILES string of the molecule is COC(=O)C(Cc1ccc(O)cc1)NC(=O)C(CC(C)C)NC(=O)C1CCCN1C(=O)C(C)NC(=O)CNC(=O)C(NC(=O)C(CC(C)C)NC(=O)C(CC(C)C)NC(=O)OC(C)(C)C)C(C)C. The summed E-state index contributed by atoms with van der Waals surface area (Å²) in [4.78, 5) is 122. The Hall–Kier alpha value is -5.95. The van der Waals surface area contributed by atoms with Gasteiger partial charge in [-0.2, -0.15) is 0 Å². The Morgan fingerprint density at radius 1 is 0.676 bits per heavy atom. The number of alkyl carbamates (subject to hydrolysis) is 1. The van der Waals surface area contributed by atoms with E-state index in [4.69, 9.17) is 9.47 Å². The lowest BCUT2D eigenvalue weighted by atomic mass is 9.98. The number of phenolic OH excluding ortho intramolecular Hbond substituents is 1. The maximum absolute atomic E-state index is 13.8. The molecule has 20 heteroatoms. The first kappa shape index (κ1) is 58.2. The summed E-state index contributed by atoms with van der Waals surface area (Å²) < 4.78 is 10.3. The Bertz CT molecular complexity index is 1900. The lowest BCUT2D eigenvalue weighted by Crippen LogP contribution is -2.59. The van der Waals surface area contributed by atoms with Gasteiger partial charge in [0.25, 0.3) is 0 Å². The van der Waals surface area contributed by atoms with Crippen molar-refractivity contribution in [2.24, 2.45) is 23.7 Å². The van der Waals surface area contributed by atoms with Gasteiger partial charge in [-0.15, -0.1) is 0 Å². The van der Waals surface area contributed by atoms with Crippen LogP contribution in [0, 0.1) is 23.7 Å². The smallest absolute Gasteiger partial charge is 0.408 e. The molecular weight excluding hydrogens is 881 g/mol. The number of phenols is 1. The fourth-order valence-electron chi connectivity index (χ4n) is 7.55. The van der Waals surface area contributed by atoms with E-state index in [2.05, 4.69) is 37.2 Å². The summed E-state index contributed by atoms with van der Waals surface area (Å²) >= 11 is 0. The Labute approximate surface area is 401 Å². The Balaban J connectivity index is 2.08. The Morgan fingerprint density at radius 3 is 1.68 bits per heavy atom. The second kappa shape index (κ2) is 27.1. The van der Waals surface area contributed by atoms with Crippen LogP contribution in [-0.4, -0.2) is 132 Å².